The molecule has 0 radical (unpaired) electrons. The summed E-state index contributed by atoms with van der Waals surface area (Å²) in [6, 6.07) is 21.5. The Kier molecular flexibility index (Phi) is 5.54. The van der Waals surface area contributed by atoms with Gasteiger partial charge in [0.1, 0.15) is 0 Å². The van der Waals surface area contributed by atoms with Gasteiger partial charge < -0.3 is 10.6 Å². The van der Waals surface area contributed by atoms with Crippen LogP contribution in [0.4, 0.5) is 5.69 Å². The van der Waals surface area contributed by atoms with Gasteiger partial charge in [-0.25, -0.2) is 0 Å². The van der Waals surface area contributed by atoms with Crippen LogP contribution in [0.1, 0.15) is 5.56 Å². The van der Waals surface area contributed by atoms with Gasteiger partial charge in [0.05, 0.1) is 6.04 Å². The first-order valence-corrected chi connectivity index (χ1v) is 8.29. The van der Waals surface area contributed by atoms with E-state index < -0.39 is 0 Å². The minimum absolute atomic E-state index is 0.0389. The van der Waals surface area contributed by atoms with Gasteiger partial charge in [0.2, 0.25) is 5.91 Å². The van der Waals surface area contributed by atoms with Crippen molar-refractivity contribution < 1.29 is 4.79 Å². The van der Waals surface area contributed by atoms with Crippen LogP contribution in [0.15, 0.2) is 79.1 Å². The lowest BCUT2D eigenvalue weighted by molar-refractivity contribution is -0.118. The zero-order chi connectivity index (χ0) is 17.5. The minimum atomic E-state index is -0.276. The van der Waals surface area contributed by atoms with Crippen molar-refractivity contribution in [3.05, 3.63) is 84.7 Å². The number of hydrogen-bond donors (Lipinski definition) is 2. The molecule has 4 nitrogen and oxygen atoms in total. The lowest BCUT2D eigenvalue weighted by atomic mass is 10.0. The third-order valence-corrected chi connectivity index (χ3v) is 4.11. The van der Waals surface area contributed by atoms with Gasteiger partial charge >= 0.3 is 0 Å². The molecular formula is C21H21N3O. The standard InChI is InChI=1S/C21H21N3O/c1-22-20(15-16-5-3-2-4-6-16)21(25)24-19-9-7-17(8-10-19)18-11-13-23-14-12-18/h2-14,20,22H,15H2,1H3,(H,24,25). The summed E-state index contributed by atoms with van der Waals surface area (Å²) in [6.45, 7) is 0. The normalized spacial score (nSPS) is 11.7. The Morgan fingerprint density at radius 1 is 0.920 bits per heavy atom. The summed E-state index contributed by atoms with van der Waals surface area (Å²) >= 11 is 0. The first-order valence-electron chi connectivity index (χ1n) is 8.29. The van der Waals surface area contributed by atoms with Crippen LogP contribution in [0.25, 0.3) is 11.1 Å². The van der Waals surface area contributed by atoms with Crippen molar-refractivity contribution in [3.63, 3.8) is 0 Å². The lowest BCUT2D eigenvalue weighted by Crippen LogP contribution is -2.40. The number of amides is 1. The number of nitrogens with one attached hydrogen (secondary N) is 2. The first kappa shape index (κ1) is 16.9. The van der Waals surface area contributed by atoms with Crippen LogP contribution in [0, 0.1) is 0 Å². The van der Waals surface area contributed by atoms with E-state index in [0.29, 0.717) is 6.42 Å². The number of benzene rings is 2. The smallest absolute Gasteiger partial charge is 0.241 e. The van der Waals surface area contributed by atoms with Crippen molar-refractivity contribution in [2.45, 2.75) is 12.5 Å². The maximum atomic E-state index is 12.5. The van der Waals surface area contributed by atoms with Gasteiger partial charge in [0.25, 0.3) is 0 Å². The number of nitrogens with zero attached hydrogens (tertiary/aromatic N) is 1. The Labute approximate surface area is 147 Å². The molecule has 1 atom stereocenters. The Morgan fingerprint density at radius 2 is 1.56 bits per heavy atom. The quantitative estimate of drug-likeness (QED) is 0.727. The molecule has 0 aliphatic heterocycles. The van der Waals surface area contributed by atoms with Crippen LogP contribution in [-0.2, 0) is 11.2 Å². The summed E-state index contributed by atoms with van der Waals surface area (Å²) in [5.74, 6) is -0.0389. The maximum Gasteiger partial charge on any atom is 0.241 e. The van der Waals surface area contributed by atoms with Crippen molar-refractivity contribution in [1.29, 1.82) is 0 Å². The molecule has 3 rings (SSSR count). The molecule has 0 bridgehead atoms. The van der Waals surface area contributed by atoms with Gasteiger partial charge in [0, 0.05) is 18.1 Å². The molecule has 0 saturated heterocycles. The predicted molar refractivity (Wildman–Crippen MR) is 101 cm³/mol. The highest BCUT2D eigenvalue weighted by Crippen LogP contribution is 2.20. The second-order valence-corrected chi connectivity index (χ2v) is 5.83. The number of hydrogen-bond acceptors (Lipinski definition) is 3. The van der Waals surface area contributed by atoms with Gasteiger partial charge in [-0.1, -0.05) is 42.5 Å². The molecule has 126 valence electrons. The van der Waals surface area contributed by atoms with Crippen molar-refractivity contribution in [2.24, 2.45) is 0 Å². The van der Waals surface area contributed by atoms with E-state index in [1.165, 1.54) is 0 Å². The van der Waals surface area contributed by atoms with E-state index in [-0.39, 0.29) is 11.9 Å². The molecule has 1 aromatic heterocycles. The zero-order valence-electron chi connectivity index (χ0n) is 14.1. The SMILES string of the molecule is CNC(Cc1ccccc1)C(=O)Nc1ccc(-c2ccncc2)cc1. The average Bonchev–Trinajstić information content (AvgIpc) is 2.68. The van der Waals surface area contributed by atoms with E-state index in [2.05, 4.69) is 15.6 Å². The molecule has 0 saturated carbocycles. The number of pyridine rings is 1. The molecule has 0 aliphatic rings. The summed E-state index contributed by atoms with van der Waals surface area (Å²) in [7, 11) is 1.81. The van der Waals surface area contributed by atoms with Crippen LogP contribution in [0.3, 0.4) is 0 Å². The zero-order valence-corrected chi connectivity index (χ0v) is 14.1. The molecule has 1 unspecified atom stereocenters. The topological polar surface area (TPSA) is 54.0 Å². The van der Waals surface area contributed by atoms with Crippen molar-refractivity contribution in [3.8, 4) is 11.1 Å². The molecule has 0 fully saturated rings. The average molecular weight is 331 g/mol. The number of carbonyl (C=O) groups excluding carboxylic acids is 1. The lowest BCUT2D eigenvalue weighted by Gasteiger charge is -2.16. The summed E-state index contributed by atoms with van der Waals surface area (Å²) in [6.07, 6.45) is 4.19. The van der Waals surface area contributed by atoms with E-state index in [4.69, 9.17) is 0 Å². The Hall–Kier alpha value is -2.98. The molecule has 0 aliphatic carbocycles. The van der Waals surface area contributed by atoms with E-state index in [1.807, 2.05) is 66.7 Å². The Morgan fingerprint density at radius 3 is 2.20 bits per heavy atom. The van der Waals surface area contributed by atoms with Crippen molar-refractivity contribution in [1.82, 2.24) is 10.3 Å². The highest BCUT2D eigenvalue weighted by atomic mass is 16.2. The molecule has 2 aromatic carbocycles. The van der Waals surface area contributed by atoms with Gasteiger partial charge in [-0.05, 0) is 54.4 Å². The van der Waals surface area contributed by atoms with Crippen LogP contribution in [0.2, 0.25) is 0 Å². The molecule has 1 amide bonds. The van der Waals surface area contributed by atoms with Gasteiger partial charge in [-0.2, -0.15) is 0 Å². The highest BCUT2D eigenvalue weighted by Gasteiger charge is 2.16. The van der Waals surface area contributed by atoms with E-state index >= 15 is 0 Å². The molecular weight excluding hydrogens is 310 g/mol. The summed E-state index contributed by atoms with van der Waals surface area (Å²) in [4.78, 5) is 16.5. The second kappa shape index (κ2) is 8.22. The molecule has 3 aromatic rings. The van der Waals surface area contributed by atoms with Crippen molar-refractivity contribution in [2.75, 3.05) is 12.4 Å². The van der Waals surface area contributed by atoms with Gasteiger partial charge in [-0.15, -0.1) is 0 Å². The van der Waals surface area contributed by atoms with Crippen LogP contribution < -0.4 is 10.6 Å². The second-order valence-electron chi connectivity index (χ2n) is 5.83. The molecule has 1 heterocycles. The first-order chi connectivity index (χ1) is 12.3. The third kappa shape index (κ3) is 4.52. The highest BCUT2D eigenvalue weighted by molar-refractivity contribution is 5.95. The monoisotopic (exact) mass is 331 g/mol. The van der Waals surface area contributed by atoms with Crippen molar-refractivity contribution >= 4 is 11.6 Å². The summed E-state index contributed by atoms with van der Waals surface area (Å²) in [5.41, 5.74) is 4.11. The third-order valence-electron chi connectivity index (χ3n) is 4.11. The summed E-state index contributed by atoms with van der Waals surface area (Å²) < 4.78 is 0. The Bertz CT molecular complexity index is 802. The van der Waals surface area contributed by atoms with Crippen LogP contribution in [0.5, 0.6) is 0 Å². The fourth-order valence-electron chi connectivity index (χ4n) is 2.70. The maximum absolute atomic E-state index is 12.5. The number of anilines is 1. The van der Waals surface area contributed by atoms with Crippen LogP contribution in [-0.4, -0.2) is 24.0 Å². The number of likely N-dealkylation sites (N-methyl/N-ethyl adjacent to an activating group) is 1. The molecule has 25 heavy (non-hydrogen) atoms. The number of carbonyl (C=O) groups is 1. The molecule has 2 N–H and O–H groups in total. The Balaban J connectivity index is 1.65. The van der Waals surface area contributed by atoms with Crippen LogP contribution >= 0.6 is 0 Å². The number of rotatable bonds is 6. The fourth-order valence-corrected chi connectivity index (χ4v) is 2.70. The van der Waals surface area contributed by atoms with E-state index in [9.17, 15) is 4.79 Å². The predicted octanol–water partition coefficient (Wildman–Crippen LogP) is 3.52. The summed E-state index contributed by atoms with van der Waals surface area (Å²) in [5, 5.41) is 6.07. The fraction of sp³-hybridized carbons (Fsp3) is 0.143. The van der Waals surface area contributed by atoms with E-state index in [0.717, 1.165) is 22.4 Å². The van der Waals surface area contributed by atoms with Gasteiger partial charge in [-0.3, -0.25) is 9.78 Å². The number of aromatic nitrogens is 1. The molecule has 4 heteroatoms. The van der Waals surface area contributed by atoms with E-state index in [1.54, 1.807) is 19.4 Å². The largest absolute Gasteiger partial charge is 0.325 e. The van der Waals surface area contributed by atoms with Gasteiger partial charge in [0.15, 0.2) is 0 Å². The minimum Gasteiger partial charge on any atom is -0.325 e. The molecule has 0 spiro atoms.